The van der Waals surface area contributed by atoms with Crippen molar-refractivity contribution in [3.05, 3.63) is 29.8 Å². The van der Waals surface area contributed by atoms with Crippen LogP contribution in [0.15, 0.2) is 24.3 Å². The second-order valence-corrected chi connectivity index (χ2v) is 7.22. The molecule has 0 saturated carbocycles. The van der Waals surface area contributed by atoms with Crippen molar-refractivity contribution in [1.29, 1.82) is 0 Å². The zero-order valence-corrected chi connectivity index (χ0v) is 12.9. The van der Waals surface area contributed by atoms with Crippen molar-refractivity contribution < 1.29 is 8.42 Å². The van der Waals surface area contributed by atoms with Crippen LogP contribution in [0.2, 0.25) is 0 Å². The quantitative estimate of drug-likeness (QED) is 0.915. The largest absolute Gasteiger partial charge is 0.329 e. The van der Waals surface area contributed by atoms with Crippen molar-refractivity contribution in [3.8, 4) is 0 Å². The molecule has 1 unspecified atom stereocenters. The van der Waals surface area contributed by atoms with Gasteiger partial charge in [-0.05, 0) is 31.9 Å². The van der Waals surface area contributed by atoms with E-state index in [1.165, 1.54) is 4.31 Å². The van der Waals surface area contributed by atoms with Gasteiger partial charge in [-0.15, -0.1) is 0 Å². The smallest absolute Gasteiger partial charge is 0.304 e. The molecule has 5 nitrogen and oxygen atoms in total. The van der Waals surface area contributed by atoms with Crippen molar-refractivity contribution >= 4 is 15.9 Å². The highest BCUT2D eigenvalue weighted by atomic mass is 32.2. The summed E-state index contributed by atoms with van der Waals surface area (Å²) < 4.78 is 28.4. The first kappa shape index (κ1) is 15.3. The number of nitrogens with zero attached hydrogens (tertiary/aromatic N) is 2. The van der Waals surface area contributed by atoms with E-state index in [4.69, 9.17) is 5.73 Å². The number of rotatable bonds is 4. The summed E-state index contributed by atoms with van der Waals surface area (Å²) in [6.07, 6.45) is 2.79. The summed E-state index contributed by atoms with van der Waals surface area (Å²) >= 11 is 0. The topological polar surface area (TPSA) is 66.6 Å². The van der Waals surface area contributed by atoms with Gasteiger partial charge in [0.1, 0.15) is 0 Å². The number of nitrogens with two attached hydrogens (primary N) is 1. The summed E-state index contributed by atoms with van der Waals surface area (Å²) in [5.74, 6) is 0. The van der Waals surface area contributed by atoms with E-state index in [0.29, 0.717) is 18.8 Å². The predicted molar refractivity (Wildman–Crippen MR) is 81.9 cm³/mol. The normalized spacial score (nSPS) is 20.9. The van der Waals surface area contributed by atoms with E-state index in [1.807, 2.05) is 31.2 Å². The second-order valence-electron chi connectivity index (χ2n) is 5.31. The Morgan fingerprint density at radius 1 is 1.30 bits per heavy atom. The van der Waals surface area contributed by atoms with Crippen LogP contribution in [0.5, 0.6) is 0 Å². The molecule has 1 aromatic carbocycles. The molecule has 1 saturated heterocycles. The van der Waals surface area contributed by atoms with Crippen molar-refractivity contribution in [2.75, 3.05) is 24.4 Å². The van der Waals surface area contributed by atoms with Gasteiger partial charge in [0.15, 0.2) is 0 Å². The molecule has 2 N–H and O–H groups in total. The molecule has 1 atom stereocenters. The highest BCUT2D eigenvalue weighted by Crippen LogP contribution is 2.25. The Morgan fingerprint density at radius 2 is 1.95 bits per heavy atom. The molecule has 0 amide bonds. The molecule has 1 aliphatic heterocycles. The number of hydrogen-bond acceptors (Lipinski definition) is 3. The number of benzene rings is 1. The van der Waals surface area contributed by atoms with Gasteiger partial charge in [0.25, 0.3) is 0 Å². The number of hydrogen-bond donors (Lipinski definition) is 1. The minimum atomic E-state index is -3.50. The first-order chi connectivity index (χ1) is 9.46. The van der Waals surface area contributed by atoms with E-state index >= 15 is 0 Å². The standard InChI is InChI=1S/C14H23N3O2S/c1-12-6-8-13(9-7-12)16(2)20(18,19)17-10-4-3-5-14(17)11-15/h6-9,14H,3-5,10-11,15H2,1-2H3. The van der Waals surface area contributed by atoms with Crippen LogP contribution in [0.3, 0.4) is 0 Å². The van der Waals surface area contributed by atoms with Gasteiger partial charge in [-0.2, -0.15) is 12.7 Å². The van der Waals surface area contributed by atoms with Gasteiger partial charge in [-0.1, -0.05) is 24.1 Å². The van der Waals surface area contributed by atoms with Crippen molar-refractivity contribution in [3.63, 3.8) is 0 Å². The molecule has 1 aromatic rings. The molecule has 0 spiro atoms. The van der Waals surface area contributed by atoms with E-state index in [9.17, 15) is 8.42 Å². The zero-order chi connectivity index (χ0) is 14.8. The summed E-state index contributed by atoms with van der Waals surface area (Å²) in [6.45, 7) is 2.91. The van der Waals surface area contributed by atoms with Crippen LogP contribution < -0.4 is 10.0 Å². The Kier molecular flexibility index (Phi) is 4.67. The second kappa shape index (κ2) is 6.11. The van der Waals surface area contributed by atoms with Gasteiger partial charge in [0, 0.05) is 26.2 Å². The summed E-state index contributed by atoms with van der Waals surface area (Å²) in [5, 5.41) is 0. The maximum Gasteiger partial charge on any atom is 0.304 e. The number of anilines is 1. The van der Waals surface area contributed by atoms with Crippen LogP contribution >= 0.6 is 0 Å². The minimum absolute atomic E-state index is 0.0818. The highest BCUT2D eigenvalue weighted by molar-refractivity contribution is 7.90. The van der Waals surface area contributed by atoms with Crippen LogP contribution in [-0.2, 0) is 10.2 Å². The third-order valence-corrected chi connectivity index (χ3v) is 5.86. The maximum absolute atomic E-state index is 12.7. The lowest BCUT2D eigenvalue weighted by Gasteiger charge is -2.36. The van der Waals surface area contributed by atoms with Crippen LogP contribution in [0.4, 0.5) is 5.69 Å². The molecule has 1 heterocycles. The van der Waals surface area contributed by atoms with Crippen LogP contribution in [0.1, 0.15) is 24.8 Å². The molecule has 0 aliphatic carbocycles. The summed E-state index contributed by atoms with van der Waals surface area (Å²) in [4.78, 5) is 0. The number of piperidine rings is 1. The number of aryl methyl sites for hydroxylation is 1. The summed E-state index contributed by atoms with van der Waals surface area (Å²) in [7, 11) is -1.90. The lowest BCUT2D eigenvalue weighted by Crippen LogP contribution is -2.52. The van der Waals surface area contributed by atoms with Gasteiger partial charge in [0.05, 0.1) is 5.69 Å². The molecular formula is C14H23N3O2S. The van der Waals surface area contributed by atoms with E-state index < -0.39 is 10.2 Å². The molecule has 0 radical (unpaired) electrons. The first-order valence-electron chi connectivity index (χ1n) is 6.99. The fraction of sp³-hybridized carbons (Fsp3) is 0.571. The first-order valence-corrected chi connectivity index (χ1v) is 8.39. The minimum Gasteiger partial charge on any atom is -0.329 e. The Bertz CT molecular complexity index is 542. The fourth-order valence-corrected chi connectivity index (χ4v) is 4.19. The molecule has 1 fully saturated rings. The maximum atomic E-state index is 12.7. The van der Waals surface area contributed by atoms with Crippen LogP contribution in [0.25, 0.3) is 0 Å². The van der Waals surface area contributed by atoms with Crippen molar-refractivity contribution in [2.45, 2.75) is 32.2 Å². The fourth-order valence-electron chi connectivity index (χ4n) is 2.56. The molecule has 20 heavy (non-hydrogen) atoms. The summed E-state index contributed by atoms with van der Waals surface area (Å²) in [5.41, 5.74) is 7.51. The highest BCUT2D eigenvalue weighted by Gasteiger charge is 2.34. The SMILES string of the molecule is Cc1ccc(N(C)S(=O)(=O)N2CCCCC2CN)cc1. The molecular weight excluding hydrogens is 274 g/mol. The molecule has 112 valence electrons. The van der Waals surface area contributed by atoms with Crippen molar-refractivity contribution in [1.82, 2.24) is 4.31 Å². The van der Waals surface area contributed by atoms with Crippen LogP contribution in [-0.4, -0.2) is 38.9 Å². The lowest BCUT2D eigenvalue weighted by atomic mass is 10.1. The Hall–Kier alpha value is -1.11. The molecule has 0 bridgehead atoms. The zero-order valence-electron chi connectivity index (χ0n) is 12.1. The van der Waals surface area contributed by atoms with E-state index in [0.717, 1.165) is 24.8 Å². The summed E-state index contributed by atoms with van der Waals surface area (Å²) in [6, 6.07) is 7.40. The van der Waals surface area contributed by atoms with E-state index in [-0.39, 0.29) is 6.04 Å². The molecule has 1 aliphatic rings. The van der Waals surface area contributed by atoms with E-state index in [1.54, 1.807) is 11.4 Å². The third kappa shape index (κ3) is 2.97. The lowest BCUT2D eigenvalue weighted by molar-refractivity contribution is 0.257. The third-order valence-electron chi connectivity index (χ3n) is 3.89. The van der Waals surface area contributed by atoms with Crippen LogP contribution in [0, 0.1) is 6.92 Å². The van der Waals surface area contributed by atoms with Gasteiger partial charge >= 0.3 is 10.2 Å². The monoisotopic (exact) mass is 297 g/mol. The average Bonchev–Trinajstić information content (AvgIpc) is 2.47. The molecule has 0 aromatic heterocycles. The Labute approximate surface area is 121 Å². The van der Waals surface area contributed by atoms with Gasteiger partial charge in [-0.25, -0.2) is 0 Å². The predicted octanol–water partition coefficient (Wildman–Crippen LogP) is 1.49. The van der Waals surface area contributed by atoms with E-state index in [2.05, 4.69) is 0 Å². The van der Waals surface area contributed by atoms with Gasteiger partial charge in [0.2, 0.25) is 0 Å². The average molecular weight is 297 g/mol. The Morgan fingerprint density at radius 3 is 2.55 bits per heavy atom. The molecule has 2 rings (SSSR count). The molecule has 6 heteroatoms. The van der Waals surface area contributed by atoms with Crippen molar-refractivity contribution in [2.24, 2.45) is 5.73 Å². The van der Waals surface area contributed by atoms with Gasteiger partial charge < -0.3 is 5.73 Å². The van der Waals surface area contributed by atoms with Gasteiger partial charge in [-0.3, -0.25) is 4.31 Å². The Balaban J connectivity index is 2.26.